The number of carbonyl (C=O) groups excluding carboxylic acids is 1. The molecule has 7 heteroatoms. The Morgan fingerprint density at radius 3 is 2.45 bits per heavy atom. The van der Waals surface area contributed by atoms with E-state index in [-0.39, 0.29) is 37.4 Å². The van der Waals surface area contributed by atoms with E-state index in [1.807, 2.05) is 0 Å². The molecule has 0 N–H and O–H groups in total. The molecule has 2 rings (SSSR count). The number of aryl methyl sites for hydroxylation is 1. The highest BCUT2D eigenvalue weighted by Crippen LogP contribution is 2.40. The van der Waals surface area contributed by atoms with E-state index in [9.17, 15) is 18.0 Å². The first kappa shape index (κ1) is 14.9. The van der Waals surface area contributed by atoms with Gasteiger partial charge in [0.05, 0.1) is 19.2 Å². The van der Waals surface area contributed by atoms with Crippen molar-refractivity contribution in [2.45, 2.75) is 31.9 Å². The zero-order valence-corrected chi connectivity index (χ0v) is 11.4. The van der Waals surface area contributed by atoms with Crippen LogP contribution in [0, 0.1) is 11.8 Å². The van der Waals surface area contributed by atoms with Crippen molar-refractivity contribution < 1.29 is 22.7 Å². The lowest BCUT2D eigenvalue weighted by atomic mass is 9.79. The van der Waals surface area contributed by atoms with E-state index in [1.165, 1.54) is 18.0 Å². The summed E-state index contributed by atoms with van der Waals surface area (Å²) in [6, 6.07) is 0. The fourth-order valence-electron chi connectivity index (χ4n) is 2.72. The van der Waals surface area contributed by atoms with Gasteiger partial charge in [-0.3, -0.25) is 9.48 Å². The molecule has 0 spiro atoms. The third-order valence-corrected chi connectivity index (χ3v) is 3.92. The average Bonchev–Trinajstić information content (AvgIpc) is 2.78. The second kappa shape index (κ2) is 5.46. The molecule has 0 aliphatic heterocycles. The van der Waals surface area contributed by atoms with Gasteiger partial charge in [-0.05, 0) is 25.7 Å². The molecule has 20 heavy (non-hydrogen) atoms. The molecule has 0 radical (unpaired) electrons. The molecule has 0 saturated heterocycles. The molecule has 1 saturated carbocycles. The van der Waals surface area contributed by atoms with Crippen LogP contribution < -0.4 is 4.74 Å². The zero-order valence-electron chi connectivity index (χ0n) is 11.4. The van der Waals surface area contributed by atoms with Crippen molar-refractivity contribution in [3.05, 3.63) is 11.9 Å². The summed E-state index contributed by atoms with van der Waals surface area (Å²) in [4.78, 5) is 12.4. The summed E-state index contributed by atoms with van der Waals surface area (Å²) in [5.74, 6) is -1.46. The maximum atomic E-state index is 12.6. The number of hydrogen-bond donors (Lipinski definition) is 0. The van der Waals surface area contributed by atoms with Gasteiger partial charge in [-0.2, -0.15) is 18.3 Å². The normalized spacial score (nSPS) is 23.6. The molecule has 0 bridgehead atoms. The summed E-state index contributed by atoms with van der Waals surface area (Å²) in [7, 11) is 3.06. The van der Waals surface area contributed by atoms with Crippen molar-refractivity contribution in [3.63, 3.8) is 0 Å². The second-order valence-electron chi connectivity index (χ2n) is 5.14. The van der Waals surface area contributed by atoms with E-state index >= 15 is 0 Å². The molecule has 1 fully saturated rings. The van der Waals surface area contributed by atoms with E-state index in [2.05, 4.69) is 5.10 Å². The first-order chi connectivity index (χ1) is 9.34. The van der Waals surface area contributed by atoms with Gasteiger partial charge >= 0.3 is 6.18 Å². The van der Waals surface area contributed by atoms with Gasteiger partial charge in [-0.1, -0.05) is 0 Å². The molecule has 4 nitrogen and oxygen atoms in total. The summed E-state index contributed by atoms with van der Waals surface area (Å²) < 4.78 is 44.3. The van der Waals surface area contributed by atoms with E-state index in [0.29, 0.717) is 11.4 Å². The number of nitrogens with zero attached hydrogens (tertiary/aromatic N) is 2. The van der Waals surface area contributed by atoms with Crippen LogP contribution in [0.25, 0.3) is 0 Å². The monoisotopic (exact) mass is 290 g/mol. The van der Waals surface area contributed by atoms with Gasteiger partial charge in [0.2, 0.25) is 0 Å². The number of hydrogen-bond acceptors (Lipinski definition) is 3. The van der Waals surface area contributed by atoms with E-state index in [0.717, 1.165) is 0 Å². The quantitative estimate of drug-likeness (QED) is 0.804. The van der Waals surface area contributed by atoms with Crippen molar-refractivity contribution in [2.24, 2.45) is 18.9 Å². The largest absolute Gasteiger partial charge is 0.493 e. The Bertz CT molecular complexity index is 488. The SMILES string of the molecule is COc1cnn(C)c1C(=O)C1CCC(C(F)(F)F)CC1. The standard InChI is InChI=1S/C13H17F3N2O2/c1-18-11(10(20-2)7-17-18)12(19)8-3-5-9(6-4-8)13(14,15)16/h7-9H,3-6H2,1-2H3. The molecular weight excluding hydrogens is 273 g/mol. The van der Waals surface area contributed by atoms with Crippen molar-refractivity contribution in [1.29, 1.82) is 0 Å². The number of aromatic nitrogens is 2. The maximum absolute atomic E-state index is 12.6. The number of Topliss-reactive ketones (excluding diaryl/α,β-unsaturated/α-hetero) is 1. The van der Waals surface area contributed by atoms with Crippen LogP contribution in [0.1, 0.15) is 36.2 Å². The van der Waals surface area contributed by atoms with Crippen LogP contribution in [-0.2, 0) is 7.05 Å². The predicted molar refractivity (Wildman–Crippen MR) is 65.6 cm³/mol. The summed E-state index contributed by atoms with van der Waals surface area (Å²) in [5, 5.41) is 3.95. The zero-order chi connectivity index (χ0) is 14.9. The molecule has 1 aliphatic rings. The van der Waals surface area contributed by atoms with Gasteiger partial charge in [0.1, 0.15) is 5.69 Å². The van der Waals surface area contributed by atoms with Gasteiger partial charge in [0, 0.05) is 13.0 Å². The molecule has 0 atom stereocenters. The highest BCUT2D eigenvalue weighted by Gasteiger charge is 2.43. The molecule has 1 aromatic rings. The van der Waals surface area contributed by atoms with Crippen molar-refractivity contribution in [2.75, 3.05) is 7.11 Å². The summed E-state index contributed by atoms with van der Waals surface area (Å²) >= 11 is 0. The van der Waals surface area contributed by atoms with Gasteiger partial charge in [0.25, 0.3) is 0 Å². The molecule has 1 heterocycles. The highest BCUT2D eigenvalue weighted by atomic mass is 19.4. The van der Waals surface area contributed by atoms with Crippen LogP contribution in [0.15, 0.2) is 6.20 Å². The Morgan fingerprint density at radius 2 is 1.95 bits per heavy atom. The Morgan fingerprint density at radius 1 is 1.35 bits per heavy atom. The first-order valence-electron chi connectivity index (χ1n) is 6.51. The Kier molecular flexibility index (Phi) is 4.06. The lowest BCUT2D eigenvalue weighted by molar-refractivity contribution is -0.183. The van der Waals surface area contributed by atoms with Gasteiger partial charge in [-0.25, -0.2) is 0 Å². The smallest absolute Gasteiger partial charge is 0.391 e. The number of ketones is 1. The lowest BCUT2D eigenvalue weighted by Gasteiger charge is -2.29. The van der Waals surface area contributed by atoms with Gasteiger partial charge in [-0.15, -0.1) is 0 Å². The molecule has 0 unspecified atom stereocenters. The molecule has 0 amide bonds. The van der Waals surface area contributed by atoms with E-state index in [1.54, 1.807) is 7.05 Å². The second-order valence-corrected chi connectivity index (χ2v) is 5.14. The van der Waals surface area contributed by atoms with Crippen molar-refractivity contribution >= 4 is 5.78 Å². The van der Waals surface area contributed by atoms with Crippen LogP contribution in [0.5, 0.6) is 5.75 Å². The third kappa shape index (κ3) is 2.81. The number of methoxy groups -OCH3 is 1. The fraction of sp³-hybridized carbons (Fsp3) is 0.692. The molecule has 0 aromatic carbocycles. The number of ether oxygens (including phenoxy) is 1. The Hall–Kier alpha value is -1.53. The molecule has 112 valence electrons. The minimum Gasteiger partial charge on any atom is -0.493 e. The number of alkyl halides is 3. The first-order valence-corrected chi connectivity index (χ1v) is 6.51. The van der Waals surface area contributed by atoms with E-state index in [4.69, 9.17) is 4.74 Å². The van der Waals surface area contributed by atoms with Gasteiger partial charge < -0.3 is 4.74 Å². The van der Waals surface area contributed by atoms with Gasteiger partial charge in [0.15, 0.2) is 11.5 Å². The Balaban J connectivity index is 2.07. The average molecular weight is 290 g/mol. The molecular formula is C13H17F3N2O2. The fourth-order valence-corrected chi connectivity index (χ4v) is 2.72. The maximum Gasteiger partial charge on any atom is 0.391 e. The number of rotatable bonds is 3. The van der Waals surface area contributed by atoms with Crippen LogP contribution >= 0.6 is 0 Å². The lowest BCUT2D eigenvalue weighted by Crippen LogP contribution is -2.31. The van der Waals surface area contributed by atoms with Crippen LogP contribution in [0.2, 0.25) is 0 Å². The molecule has 1 aromatic heterocycles. The van der Waals surface area contributed by atoms with E-state index < -0.39 is 12.1 Å². The predicted octanol–water partition coefficient (Wildman–Crippen LogP) is 2.98. The number of halogens is 3. The van der Waals surface area contributed by atoms with Crippen molar-refractivity contribution in [3.8, 4) is 5.75 Å². The topological polar surface area (TPSA) is 44.1 Å². The minimum absolute atomic E-state index is 0.0140. The number of carbonyl (C=O) groups is 1. The summed E-state index contributed by atoms with van der Waals surface area (Å²) in [6.07, 6.45) is -2.17. The minimum atomic E-state index is -4.15. The van der Waals surface area contributed by atoms with Crippen LogP contribution in [0.4, 0.5) is 13.2 Å². The highest BCUT2D eigenvalue weighted by molar-refractivity contribution is 5.98. The van der Waals surface area contributed by atoms with Crippen LogP contribution in [0.3, 0.4) is 0 Å². The Labute approximate surface area is 114 Å². The van der Waals surface area contributed by atoms with Crippen molar-refractivity contribution in [1.82, 2.24) is 9.78 Å². The molecule has 1 aliphatic carbocycles. The third-order valence-electron chi connectivity index (χ3n) is 3.92. The van der Waals surface area contributed by atoms with Crippen LogP contribution in [-0.4, -0.2) is 28.8 Å². The summed E-state index contributed by atoms with van der Waals surface area (Å²) in [5.41, 5.74) is 0.336. The summed E-state index contributed by atoms with van der Waals surface area (Å²) in [6.45, 7) is 0.